The zero-order chi connectivity index (χ0) is 36.3. The van der Waals surface area contributed by atoms with E-state index in [-0.39, 0.29) is 41.7 Å². The lowest BCUT2D eigenvalue weighted by Crippen LogP contribution is -2.56. The molecule has 6 heterocycles. The van der Waals surface area contributed by atoms with Crippen LogP contribution in [0.1, 0.15) is 69.8 Å². The number of nitrogens with one attached hydrogen (secondary N) is 1. The van der Waals surface area contributed by atoms with E-state index in [2.05, 4.69) is 15.1 Å². The number of piperidine rings is 1. The fourth-order valence-corrected chi connectivity index (χ4v) is 10.5. The van der Waals surface area contributed by atoms with Crippen LogP contribution < -0.4 is 14.4 Å². The van der Waals surface area contributed by atoms with Crippen molar-refractivity contribution in [3.8, 4) is 23.1 Å². The number of likely N-dealkylation sites (tertiary alicyclic amines) is 1. The van der Waals surface area contributed by atoms with Crippen LogP contribution in [0, 0.1) is 23.6 Å². The summed E-state index contributed by atoms with van der Waals surface area (Å²) in [7, 11) is 1.50. The van der Waals surface area contributed by atoms with Crippen LogP contribution in [0.25, 0.3) is 33.1 Å². The highest BCUT2D eigenvalue weighted by molar-refractivity contribution is 6.33. The fourth-order valence-electron chi connectivity index (χ4n) is 10.3. The largest absolute Gasteiger partial charge is 0.480 e. The standard InChI is InChI=1S/C39H49ClFN7O5/c1-23-27(40)17-28-26(18-42-46-28)30(23)33-32(41)34-31(36(43-33)50-2)35(47-14-16-51-20-25(49)19-47)45-37(44-34)53-22-39-8-3-5-29(39)48(13-4-9-39)24-6-10-38(11-7-24)12-15-52-21-38/h17-18,24-25,29,49H,3-16,19-22H2,1-2H3,(H,42,46). The van der Waals surface area contributed by atoms with Gasteiger partial charge in [-0.05, 0) is 88.3 Å². The highest BCUT2D eigenvalue weighted by Gasteiger charge is 2.51. The first-order valence-electron chi connectivity index (χ1n) is 19.3. The SMILES string of the molecule is COc1nc(-c2c(C)c(Cl)cc3[nH]ncc23)c(F)c2nc(OCC34CCCC3N(C3CCC5(CCOC5)CC3)CCC4)nc(N3CCOCC(O)C3)c12. The van der Waals surface area contributed by atoms with E-state index in [0.717, 1.165) is 51.9 Å². The first kappa shape index (κ1) is 35.3. The van der Waals surface area contributed by atoms with E-state index in [1.165, 1.54) is 39.2 Å². The van der Waals surface area contributed by atoms with Gasteiger partial charge in [-0.1, -0.05) is 18.0 Å². The Morgan fingerprint density at radius 1 is 1.06 bits per heavy atom. The molecule has 2 saturated carbocycles. The Morgan fingerprint density at radius 2 is 1.91 bits per heavy atom. The van der Waals surface area contributed by atoms with Crippen LogP contribution >= 0.6 is 11.6 Å². The van der Waals surface area contributed by atoms with Crippen molar-refractivity contribution in [2.75, 3.05) is 64.7 Å². The molecule has 3 saturated heterocycles. The van der Waals surface area contributed by atoms with Crippen LogP contribution in [0.2, 0.25) is 5.02 Å². The number of pyridine rings is 1. The van der Waals surface area contributed by atoms with Gasteiger partial charge in [-0.3, -0.25) is 10.00 Å². The maximum Gasteiger partial charge on any atom is 0.319 e. The summed E-state index contributed by atoms with van der Waals surface area (Å²) in [5.41, 5.74) is 2.26. The number of H-pyrrole nitrogens is 1. The number of halogens is 2. The van der Waals surface area contributed by atoms with Crippen LogP contribution in [0.5, 0.6) is 11.9 Å². The Balaban J connectivity index is 1.09. The molecular weight excluding hydrogens is 701 g/mol. The molecule has 4 aromatic rings. The quantitative estimate of drug-likeness (QED) is 0.223. The fraction of sp³-hybridized carbons (Fsp3) is 0.641. The number of nitrogens with zero attached hydrogens (tertiary/aromatic N) is 6. The van der Waals surface area contributed by atoms with Crippen molar-refractivity contribution in [1.82, 2.24) is 30.0 Å². The molecule has 0 amide bonds. The zero-order valence-electron chi connectivity index (χ0n) is 30.6. The van der Waals surface area contributed by atoms with Gasteiger partial charge in [-0.2, -0.15) is 15.1 Å². The van der Waals surface area contributed by atoms with E-state index in [0.29, 0.717) is 75.5 Å². The molecule has 14 heteroatoms. The molecule has 12 nitrogen and oxygen atoms in total. The number of fused-ring (bicyclic) bond motifs is 3. The van der Waals surface area contributed by atoms with Crippen molar-refractivity contribution in [3.63, 3.8) is 0 Å². The molecule has 5 aliphatic rings. The van der Waals surface area contributed by atoms with Gasteiger partial charge in [0.25, 0.3) is 0 Å². The van der Waals surface area contributed by atoms with Gasteiger partial charge in [0.1, 0.15) is 22.4 Å². The highest BCUT2D eigenvalue weighted by atomic mass is 35.5. The number of rotatable bonds is 7. The first-order valence-corrected chi connectivity index (χ1v) is 19.7. The predicted octanol–water partition coefficient (Wildman–Crippen LogP) is 6.24. The monoisotopic (exact) mass is 749 g/mol. The number of aromatic amines is 1. The summed E-state index contributed by atoms with van der Waals surface area (Å²) in [5, 5.41) is 19.3. The highest BCUT2D eigenvalue weighted by Crippen LogP contribution is 2.52. The third kappa shape index (κ3) is 6.20. The van der Waals surface area contributed by atoms with Crippen LogP contribution in [0.3, 0.4) is 0 Å². The summed E-state index contributed by atoms with van der Waals surface area (Å²) in [6.45, 7) is 6.47. The van der Waals surface area contributed by atoms with Gasteiger partial charge in [0.15, 0.2) is 5.82 Å². The van der Waals surface area contributed by atoms with E-state index >= 15 is 4.39 Å². The maximum absolute atomic E-state index is 17.2. The number of ether oxygens (including phenoxy) is 4. The molecule has 284 valence electrons. The van der Waals surface area contributed by atoms with E-state index in [9.17, 15) is 5.11 Å². The average Bonchev–Trinajstić information content (AvgIpc) is 3.90. The Labute approximate surface area is 313 Å². The molecule has 1 spiro atoms. The minimum absolute atomic E-state index is 0.0281. The Kier molecular flexibility index (Phi) is 9.37. The molecule has 3 atom stereocenters. The number of aliphatic hydroxyl groups is 1. The molecule has 53 heavy (non-hydrogen) atoms. The number of methoxy groups -OCH3 is 1. The van der Waals surface area contributed by atoms with Crippen molar-refractivity contribution in [2.45, 2.75) is 89.3 Å². The van der Waals surface area contributed by atoms with Crippen molar-refractivity contribution in [3.05, 3.63) is 28.7 Å². The van der Waals surface area contributed by atoms with Crippen LogP contribution in [0.15, 0.2) is 12.3 Å². The molecule has 0 bridgehead atoms. The summed E-state index contributed by atoms with van der Waals surface area (Å²) < 4.78 is 41.3. The number of anilines is 1. The lowest BCUT2D eigenvalue weighted by Gasteiger charge is -2.51. The van der Waals surface area contributed by atoms with E-state index in [4.69, 9.17) is 45.5 Å². The van der Waals surface area contributed by atoms with Crippen molar-refractivity contribution in [1.29, 1.82) is 0 Å². The lowest BCUT2D eigenvalue weighted by molar-refractivity contribution is -0.0405. The zero-order valence-corrected chi connectivity index (χ0v) is 31.4. The molecule has 3 unspecified atom stereocenters. The van der Waals surface area contributed by atoms with E-state index in [1.807, 2.05) is 11.8 Å². The topological polar surface area (TPSA) is 131 Å². The number of benzene rings is 1. The van der Waals surface area contributed by atoms with Gasteiger partial charge < -0.3 is 29.0 Å². The third-order valence-corrected chi connectivity index (χ3v) is 13.5. The van der Waals surface area contributed by atoms with Gasteiger partial charge in [-0.15, -0.1) is 0 Å². The van der Waals surface area contributed by atoms with Gasteiger partial charge in [0.05, 0.1) is 51.4 Å². The van der Waals surface area contributed by atoms with Gasteiger partial charge in [-0.25, -0.2) is 9.37 Å². The average molecular weight is 750 g/mol. The molecular formula is C39H49ClFN7O5. The number of β-amino-alcohol motifs (C(OH)–C–C–N with tert-alkyl or cyclic N) is 1. The normalized spacial score (nSPS) is 29.6. The Bertz CT molecular complexity index is 2000. The number of hydrogen-bond acceptors (Lipinski definition) is 11. The smallest absolute Gasteiger partial charge is 0.319 e. The number of aromatic nitrogens is 5. The van der Waals surface area contributed by atoms with Crippen molar-refractivity contribution in [2.24, 2.45) is 10.8 Å². The molecule has 3 aliphatic heterocycles. The minimum Gasteiger partial charge on any atom is -0.480 e. The molecule has 2 aliphatic carbocycles. The number of aliphatic hydroxyl groups excluding tert-OH is 1. The Hall–Kier alpha value is -3.36. The Morgan fingerprint density at radius 3 is 2.72 bits per heavy atom. The second-order valence-corrected chi connectivity index (χ2v) is 16.5. The van der Waals surface area contributed by atoms with Gasteiger partial charge >= 0.3 is 6.01 Å². The summed E-state index contributed by atoms with van der Waals surface area (Å²) in [6.07, 6.45) is 12.7. The van der Waals surface area contributed by atoms with Gasteiger partial charge in [0, 0.05) is 53.2 Å². The molecule has 9 rings (SSSR count). The second kappa shape index (κ2) is 14.1. The summed E-state index contributed by atoms with van der Waals surface area (Å²) >= 11 is 6.65. The first-order chi connectivity index (χ1) is 25.8. The van der Waals surface area contributed by atoms with Crippen LogP contribution in [-0.4, -0.2) is 113 Å². The predicted molar refractivity (Wildman–Crippen MR) is 199 cm³/mol. The lowest BCUT2D eigenvalue weighted by atomic mass is 9.69. The van der Waals surface area contributed by atoms with Crippen LogP contribution in [-0.2, 0) is 9.47 Å². The minimum atomic E-state index is -0.763. The van der Waals surface area contributed by atoms with Crippen molar-refractivity contribution >= 4 is 39.2 Å². The molecule has 5 fully saturated rings. The molecule has 1 aromatic carbocycles. The third-order valence-electron chi connectivity index (χ3n) is 13.1. The summed E-state index contributed by atoms with van der Waals surface area (Å²) in [5.74, 6) is -0.0971. The van der Waals surface area contributed by atoms with E-state index < -0.39 is 11.9 Å². The molecule has 2 N–H and O–H groups in total. The second-order valence-electron chi connectivity index (χ2n) is 16.1. The number of hydrogen-bond donors (Lipinski definition) is 2. The van der Waals surface area contributed by atoms with Crippen LogP contribution in [0.4, 0.5) is 10.2 Å². The van der Waals surface area contributed by atoms with Crippen molar-refractivity contribution < 1.29 is 28.4 Å². The summed E-state index contributed by atoms with van der Waals surface area (Å²) in [6, 6.07) is 2.89. The van der Waals surface area contributed by atoms with E-state index in [1.54, 1.807) is 12.3 Å². The molecule has 0 radical (unpaired) electrons. The maximum atomic E-state index is 17.2. The van der Waals surface area contributed by atoms with Gasteiger partial charge in [0.2, 0.25) is 5.88 Å². The molecule has 3 aromatic heterocycles. The summed E-state index contributed by atoms with van der Waals surface area (Å²) in [4.78, 5) is 19.2.